The van der Waals surface area contributed by atoms with Crippen molar-refractivity contribution in [2.24, 2.45) is 0 Å². The van der Waals surface area contributed by atoms with Crippen LogP contribution in [-0.2, 0) is 0 Å². The molecule has 0 saturated carbocycles. The second kappa shape index (κ2) is 14.9. The molecule has 0 amide bonds. The molecule has 3 N–H and O–H groups in total. The summed E-state index contributed by atoms with van der Waals surface area (Å²) in [4.78, 5) is 0. The number of nitrogens with one attached hydrogen (secondary N) is 3. The molecule has 0 bridgehead atoms. The Labute approximate surface area is 159 Å². The van der Waals surface area contributed by atoms with Gasteiger partial charge in [-0.15, -0.1) is 0 Å². The summed E-state index contributed by atoms with van der Waals surface area (Å²) in [6.45, 7) is 12.0. The minimum absolute atomic E-state index is 0.0372. The summed E-state index contributed by atoms with van der Waals surface area (Å²) >= 11 is 6.24. The molecule has 3 rings (SSSR count). The van der Waals surface area contributed by atoms with E-state index in [1.165, 1.54) is 11.1 Å². The predicted molar refractivity (Wildman–Crippen MR) is 111 cm³/mol. The molecule has 0 aromatic heterocycles. The molecule has 1 heterocycles. The van der Waals surface area contributed by atoms with Gasteiger partial charge in [-0.25, -0.2) is 0 Å². The topological polar surface area (TPSA) is 36.1 Å². The van der Waals surface area contributed by atoms with Gasteiger partial charge in [0.1, 0.15) is 5.62 Å². The van der Waals surface area contributed by atoms with Gasteiger partial charge in [-0.3, -0.25) is 16.0 Å². The van der Waals surface area contributed by atoms with Gasteiger partial charge in [0.05, 0.1) is 12.3 Å². The van der Waals surface area contributed by atoms with E-state index in [9.17, 15) is 0 Å². The molecule has 3 nitrogen and oxygen atoms in total. The van der Waals surface area contributed by atoms with Gasteiger partial charge >= 0.3 is 0 Å². The van der Waals surface area contributed by atoms with Crippen LogP contribution in [0.25, 0.3) is 0 Å². The van der Waals surface area contributed by atoms with Gasteiger partial charge in [0, 0.05) is 0 Å². The maximum atomic E-state index is 6.24. The van der Waals surface area contributed by atoms with E-state index in [2.05, 4.69) is 40.2 Å². The summed E-state index contributed by atoms with van der Waals surface area (Å²) < 4.78 is 0. The summed E-state index contributed by atoms with van der Waals surface area (Å²) in [5.74, 6) is 0. The van der Waals surface area contributed by atoms with Crippen LogP contribution in [0.3, 0.4) is 0 Å². The largest absolute Gasteiger partial charge is 0.279 e. The van der Waals surface area contributed by atoms with E-state index in [-0.39, 0.29) is 18.0 Å². The van der Waals surface area contributed by atoms with Crippen LogP contribution in [0.2, 0.25) is 0 Å². The highest BCUT2D eigenvalue weighted by atomic mass is 35.5. The lowest BCUT2D eigenvalue weighted by atomic mass is 10.1. The highest BCUT2D eigenvalue weighted by Gasteiger charge is 2.26. The summed E-state index contributed by atoms with van der Waals surface area (Å²) in [5, 5.41) is 10.1. The van der Waals surface area contributed by atoms with Gasteiger partial charge in [-0.05, 0) is 11.1 Å². The zero-order chi connectivity index (χ0) is 19.1. The van der Waals surface area contributed by atoms with Crippen molar-refractivity contribution >= 4 is 11.6 Å². The number of alkyl halides is 1. The normalized spacial score (nSPS) is 21.3. The van der Waals surface area contributed by atoms with Crippen LogP contribution in [0.1, 0.15) is 65.0 Å². The molecule has 1 aliphatic rings. The van der Waals surface area contributed by atoms with Crippen molar-refractivity contribution in [1.29, 1.82) is 0 Å². The first-order valence-corrected chi connectivity index (χ1v) is 9.79. The summed E-state index contributed by atoms with van der Waals surface area (Å²) in [6, 6.07) is 20.5. The highest BCUT2D eigenvalue weighted by Crippen LogP contribution is 2.21. The number of rotatable bonds is 2. The van der Waals surface area contributed by atoms with Gasteiger partial charge in [0.2, 0.25) is 0 Å². The SMILES string of the molecule is CC.CC.CC.ClC1NC(c2ccccc2)NC(c2ccccc2)N1. The zero-order valence-corrected chi connectivity index (χ0v) is 17.1. The molecule has 4 heteroatoms. The Hall–Kier alpha value is -1.39. The number of halogens is 1. The Morgan fingerprint density at radius 2 is 0.880 bits per heavy atom. The average Bonchev–Trinajstić information content (AvgIpc) is 2.73. The number of benzene rings is 2. The standard InChI is InChI=1S/C15H16ClN3.3C2H6/c16-15-18-13(11-7-3-1-4-8-11)17-14(19-15)12-9-5-2-6-10-12;3*1-2/h1-10,13-15,17-19H;3*1-2H3. The first-order valence-electron chi connectivity index (χ1n) is 9.35. The van der Waals surface area contributed by atoms with Gasteiger partial charge in [-0.2, -0.15) is 0 Å². The predicted octanol–water partition coefficient (Wildman–Crippen LogP) is 5.77. The van der Waals surface area contributed by atoms with E-state index in [0.717, 1.165) is 0 Å². The first kappa shape index (κ1) is 23.6. The van der Waals surface area contributed by atoms with Gasteiger partial charge in [0.15, 0.2) is 0 Å². The lowest BCUT2D eigenvalue weighted by Crippen LogP contribution is -2.56. The molecule has 1 fully saturated rings. The minimum Gasteiger partial charge on any atom is -0.279 e. The molecule has 2 unspecified atom stereocenters. The Kier molecular flexibility index (Phi) is 14.1. The monoisotopic (exact) mass is 363 g/mol. The van der Waals surface area contributed by atoms with Crippen LogP contribution >= 0.6 is 11.6 Å². The third-order valence-electron chi connectivity index (χ3n) is 3.23. The Morgan fingerprint density at radius 1 is 0.560 bits per heavy atom. The van der Waals surface area contributed by atoms with Crippen LogP contribution in [-0.4, -0.2) is 5.62 Å². The van der Waals surface area contributed by atoms with Crippen molar-refractivity contribution in [2.45, 2.75) is 59.5 Å². The second-order valence-electron chi connectivity index (χ2n) is 4.55. The Bertz CT molecular complexity index is 472. The molecule has 0 spiro atoms. The Morgan fingerprint density at radius 3 is 1.20 bits per heavy atom. The van der Waals surface area contributed by atoms with E-state index in [4.69, 9.17) is 11.6 Å². The van der Waals surface area contributed by atoms with Crippen LogP contribution in [0.5, 0.6) is 0 Å². The van der Waals surface area contributed by atoms with Crippen LogP contribution in [0.4, 0.5) is 0 Å². The Balaban J connectivity index is 0.000000871. The van der Waals surface area contributed by atoms with E-state index >= 15 is 0 Å². The van der Waals surface area contributed by atoms with Crippen molar-refractivity contribution in [3.63, 3.8) is 0 Å². The molecule has 1 saturated heterocycles. The quantitative estimate of drug-likeness (QED) is 0.468. The lowest BCUT2D eigenvalue weighted by Gasteiger charge is -2.36. The van der Waals surface area contributed by atoms with E-state index in [1.807, 2.05) is 77.9 Å². The smallest absolute Gasteiger partial charge is 0.138 e. The highest BCUT2D eigenvalue weighted by molar-refractivity contribution is 6.20. The fraction of sp³-hybridized carbons (Fsp3) is 0.429. The summed E-state index contributed by atoms with van der Waals surface area (Å²) in [6.07, 6.45) is 0.0744. The fourth-order valence-electron chi connectivity index (χ4n) is 2.28. The fourth-order valence-corrected chi connectivity index (χ4v) is 2.53. The molecule has 1 aliphatic heterocycles. The van der Waals surface area contributed by atoms with Gasteiger partial charge < -0.3 is 0 Å². The van der Waals surface area contributed by atoms with E-state index in [0.29, 0.717) is 0 Å². The average molecular weight is 364 g/mol. The molecular formula is C21H34ClN3. The number of hydrogen-bond acceptors (Lipinski definition) is 3. The zero-order valence-electron chi connectivity index (χ0n) is 16.4. The van der Waals surface area contributed by atoms with E-state index < -0.39 is 0 Å². The molecular weight excluding hydrogens is 330 g/mol. The minimum atomic E-state index is -0.267. The van der Waals surface area contributed by atoms with Crippen molar-refractivity contribution in [3.05, 3.63) is 71.8 Å². The molecule has 0 aliphatic carbocycles. The van der Waals surface area contributed by atoms with E-state index in [1.54, 1.807) is 0 Å². The van der Waals surface area contributed by atoms with Crippen molar-refractivity contribution in [1.82, 2.24) is 16.0 Å². The summed E-state index contributed by atoms with van der Waals surface area (Å²) in [5.41, 5.74) is 2.09. The summed E-state index contributed by atoms with van der Waals surface area (Å²) in [7, 11) is 0. The van der Waals surface area contributed by atoms with Gasteiger partial charge in [0.25, 0.3) is 0 Å². The lowest BCUT2D eigenvalue weighted by molar-refractivity contribution is 0.246. The van der Waals surface area contributed by atoms with Crippen molar-refractivity contribution in [2.75, 3.05) is 0 Å². The van der Waals surface area contributed by atoms with Gasteiger partial charge in [-0.1, -0.05) is 114 Å². The maximum absolute atomic E-state index is 6.24. The third kappa shape index (κ3) is 8.02. The molecule has 2 aromatic carbocycles. The van der Waals surface area contributed by atoms with Crippen molar-refractivity contribution < 1.29 is 0 Å². The molecule has 2 atom stereocenters. The van der Waals surface area contributed by atoms with Crippen molar-refractivity contribution in [3.8, 4) is 0 Å². The molecule has 0 radical (unpaired) electrons. The maximum Gasteiger partial charge on any atom is 0.138 e. The second-order valence-corrected chi connectivity index (χ2v) is 4.99. The molecule has 140 valence electrons. The van der Waals surface area contributed by atoms with Crippen LogP contribution in [0.15, 0.2) is 60.7 Å². The first-order chi connectivity index (χ1) is 12.3. The van der Waals surface area contributed by atoms with Crippen LogP contribution < -0.4 is 16.0 Å². The molecule has 25 heavy (non-hydrogen) atoms. The number of hydrogen-bond donors (Lipinski definition) is 3. The molecule has 2 aromatic rings. The third-order valence-corrected chi connectivity index (χ3v) is 3.48. The van der Waals surface area contributed by atoms with Crippen LogP contribution in [0, 0.1) is 0 Å².